The maximum atomic E-state index is 12.3. The molecule has 8 nitrogen and oxygen atoms in total. The number of aryl methyl sites for hydroxylation is 1. The molecule has 0 fully saturated rings. The van der Waals surface area contributed by atoms with Gasteiger partial charge in [0.1, 0.15) is 11.5 Å². The minimum absolute atomic E-state index is 0.162. The van der Waals surface area contributed by atoms with E-state index in [2.05, 4.69) is 25.3 Å². The number of hydrogen-bond donors (Lipinski definition) is 3. The Labute approximate surface area is 132 Å². The van der Waals surface area contributed by atoms with Gasteiger partial charge in [-0.05, 0) is 25.1 Å². The van der Waals surface area contributed by atoms with Crippen LogP contribution in [0.25, 0.3) is 0 Å². The highest BCUT2D eigenvalue weighted by Crippen LogP contribution is 2.19. The van der Waals surface area contributed by atoms with E-state index in [1.165, 1.54) is 32.4 Å². The Kier molecular flexibility index (Phi) is 4.75. The zero-order chi connectivity index (χ0) is 17.0. The van der Waals surface area contributed by atoms with E-state index in [1.54, 1.807) is 13.0 Å². The summed E-state index contributed by atoms with van der Waals surface area (Å²) in [6.07, 6.45) is 1.41. The smallest absolute Gasteiger partial charge is 0.356 e. The fourth-order valence-electron chi connectivity index (χ4n) is 1.97. The van der Waals surface area contributed by atoms with Gasteiger partial charge in [0, 0.05) is 24.4 Å². The molecule has 0 saturated carbocycles. The molecule has 0 aliphatic heterocycles. The Morgan fingerprint density at radius 2 is 1.96 bits per heavy atom. The van der Waals surface area contributed by atoms with Gasteiger partial charge in [-0.3, -0.25) is 9.59 Å². The standard InChI is InChI=1S/C15H16N4O4/c1-8-6-11(13(17-8)15(22)23-3)19-14(21)10-4-5-16-12(7-10)18-9(2)20/h4-7,17H,1-3H3,(H,19,21)(H,16,18,20). The van der Waals surface area contributed by atoms with Crippen LogP contribution in [0.5, 0.6) is 0 Å². The van der Waals surface area contributed by atoms with Crippen molar-refractivity contribution in [3.8, 4) is 0 Å². The first-order valence-corrected chi connectivity index (χ1v) is 6.73. The number of nitrogens with zero attached hydrogens (tertiary/aromatic N) is 1. The molecule has 0 aromatic carbocycles. The van der Waals surface area contributed by atoms with Crippen molar-refractivity contribution in [2.45, 2.75) is 13.8 Å². The highest BCUT2D eigenvalue weighted by Gasteiger charge is 2.17. The molecular formula is C15H16N4O4. The van der Waals surface area contributed by atoms with Gasteiger partial charge in [0.25, 0.3) is 5.91 Å². The SMILES string of the molecule is COC(=O)c1[nH]c(C)cc1NC(=O)c1ccnc(NC(C)=O)c1. The number of methoxy groups -OCH3 is 1. The predicted molar refractivity (Wildman–Crippen MR) is 83.4 cm³/mol. The molecule has 2 aromatic rings. The summed E-state index contributed by atoms with van der Waals surface area (Å²) in [4.78, 5) is 41.8. The molecule has 0 saturated heterocycles. The van der Waals surface area contributed by atoms with Gasteiger partial charge in [-0.15, -0.1) is 0 Å². The molecule has 3 N–H and O–H groups in total. The lowest BCUT2D eigenvalue weighted by Crippen LogP contribution is -2.15. The van der Waals surface area contributed by atoms with E-state index in [0.717, 1.165) is 0 Å². The molecule has 0 radical (unpaired) electrons. The first-order chi connectivity index (χ1) is 10.9. The molecule has 2 heterocycles. The lowest BCUT2D eigenvalue weighted by Gasteiger charge is -2.07. The van der Waals surface area contributed by atoms with E-state index < -0.39 is 11.9 Å². The van der Waals surface area contributed by atoms with Crippen LogP contribution in [0.4, 0.5) is 11.5 Å². The Bertz CT molecular complexity index is 767. The maximum Gasteiger partial charge on any atom is 0.356 e. The van der Waals surface area contributed by atoms with Gasteiger partial charge in [0.15, 0.2) is 0 Å². The fourth-order valence-corrected chi connectivity index (χ4v) is 1.97. The van der Waals surface area contributed by atoms with E-state index in [0.29, 0.717) is 16.9 Å². The van der Waals surface area contributed by atoms with Crippen LogP contribution in [0.15, 0.2) is 24.4 Å². The molecule has 0 unspecified atom stereocenters. The summed E-state index contributed by atoms with van der Waals surface area (Å²) in [6.45, 7) is 3.10. The normalized spacial score (nSPS) is 10.0. The van der Waals surface area contributed by atoms with Gasteiger partial charge in [0.05, 0.1) is 12.8 Å². The van der Waals surface area contributed by atoms with Crippen molar-refractivity contribution >= 4 is 29.3 Å². The van der Waals surface area contributed by atoms with Crippen molar-refractivity contribution in [1.82, 2.24) is 9.97 Å². The molecule has 2 aromatic heterocycles. The van der Waals surface area contributed by atoms with E-state index in [4.69, 9.17) is 0 Å². The highest BCUT2D eigenvalue weighted by atomic mass is 16.5. The van der Waals surface area contributed by atoms with Crippen molar-refractivity contribution in [1.29, 1.82) is 0 Å². The number of esters is 1. The van der Waals surface area contributed by atoms with Crippen molar-refractivity contribution in [3.05, 3.63) is 41.3 Å². The van der Waals surface area contributed by atoms with Crippen LogP contribution in [0.1, 0.15) is 33.5 Å². The average Bonchev–Trinajstić information content (AvgIpc) is 2.86. The molecule has 2 amide bonds. The summed E-state index contributed by atoms with van der Waals surface area (Å²) in [5, 5.41) is 5.13. The quantitative estimate of drug-likeness (QED) is 0.743. The van der Waals surface area contributed by atoms with Gasteiger partial charge in [0.2, 0.25) is 5.91 Å². The fraction of sp³-hybridized carbons (Fsp3) is 0.200. The molecule has 120 valence electrons. The zero-order valence-corrected chi connectivity index (χ0v) is 12.9. The lowest BCUT2D eigenvalue weighted by atomic mass is 10.2. The summed E-state index contributed by atoms with van der Waals surface area (Å²) >= 11 is 0. The number of hydrogen-bond acceptors (Lipinski definition) is 5. The second kappa shape index (κ2) is 6.73. The third-order valence-corrected chi connectivity index (χ3v) is 2.92. The van der Waals surface area contributed by atoms with Crippen LogP contribution < -0.4 is 10.6 Å². The first-order valence-electron chi connectivity index (χ1n) is 6.73. The topological polar surface area (TPSA) is 113 Å². The number of pyridine rings is 1. The summed E-state index contributed by atoms with van der Waals surface area (Å²) in [5.74, 6) is -1.04. The Hall–Kier alpha value is -3.16. The Morgan fingerprint density at radius 1 is 1.22 bits per heavy atom. The molecular weight excluding hydrogens is 300 g/mol. The van der Waals surface area contributed by atoms with E-state index >= 15 is 0 Å². The number of H-pyrrole nitrogens is 1. The monoisotopic (exact) mass is 316 g/mol. The van der Waals surface area contributed by atoms with Gasteiger partial charge in [-0.25, -0.2) is 9.78 Å². The molecule has 0 atom stereocenters. The van der Waals surface area contributed by atoms with Gasteiger partial charge in [-0.1, -0.05) is 0 Å². The second-order valence-electron chi connectivity index (χ2n) is 4.80. The number of aromatic nitrogens is 2. The zero-order valence-electron chi connectivity index (χ0n) is 12.9. The number of aromatic amines is 1. The highest BCUT2D eigenvalue weighted by molar-refractivity contribution is 6.08. The summed E-state index contributed by atoms with van der Waals surface area (Å²) < 4.78 is 4.66. The van der Waals surface area contributed by atoms with Crippen LogP contribution >= 0.6 is 0 Å². The molecule has 0 bridgehead atoms. The molecule has 0 aliphatic rings. The minimum atomic E-state index is -0.581. The predicted octanol–water partition coefficient (Wildman–Crippen LogP) is 1.72. The van der Waals surface area contributed by atoms with Crippen molar-refractivity contribution in [3.63, 3.8) is 0 Å². The Balaban J connectivity index is 2.23. The lowest BCUT2D eigenvalue weighted by molar-refractivity contribution is -0.114. The van der Waals surface area contributed by atoms with Crippen LogP contribution in [0.2, 0.25) is 0 Å². The number of rotatable bonds is 4. The van der Waals surface area contributed by atoms with Crippen LogP contribution in [-0.2, 0) is 9.53 Å². The van der Waals surface area contributed by atoms with Crippen molar-refractivity contribution in [2.24, 2.45) is 0 Å². The first kappa shape index (κ1) is 16.2. The number of anilines is 2. The number of carbonyl (C=O) groups excluding carboxylic acids is 3. The number of amides is 2. The molecule has 0 aliphatic carbocycles. The molecule has 23 heavy (non-hydrogen) atoms. The number of nitrogens with one attached hydrogen (secondary N) is 3. The molecule has 2 rings (SSSR count). The van der Waals surface area contributed by atoms with Crippen LogP contribution in [0, 0.1) is 6.92 Å². The summed E-state index contributed by atoms with van der Waals surface area (Å²) in [7, 11) is 1.26. The van der Waals surface area contributed by atoms with Crippen LogP contribution in [0.3, 0.4) is 0 Å². The average molecular weight is 316 g/mol. The van der Waals surface area contributed by atoms with Crippen molar-refractivity contribution in [2.75, 3.05) is 17.7 Å². The third kappa shape index (κ3) is 3.94. The maximum absolute atomic E-state index is 12.3. The third-order valence-electron chi connectivity index (χ3n) is 2.92. The Morgan fingerprint density at radius 3 is 2.61 bits per heavy atom. The number of carbonyl (C=O) groups is 3. The largest absolute Gasteiger partial charge is 0.464 e. The summed E-state index contributed by atoms with van der Waals surface area (Å²) in [6, 6.07) is 4.56. The summed E-state index contributed by atoms with van der Waals surface area (Å²) in [5.41, 5.74) is 1.47. The van der Waals surface area contributed by atoms with E-state index in [-0.39, 0.29) is 17.4 Å². The molecule has 8 heteroatoms. The van der Waals surface area contributed by atoms with Gasteiger partial charge >= 0.3 is 5.97 Å². The van der Waals surface area contributed by atoms with E-state index in [1.807, 2.05) is 0 Å². The second-order valence-corrected chi connectivity index (χ2v) is 4.80. The van der Waals surface area contributed by atoms with Gasteiger partial charge in [-0.2, -0.15) is 0 Å². The van der Waals surface area contributed by atoms with Gasteiger partial charge < -0.3 is 20.4 Å². The minimum Gasteiger partial charge on any atom is -0.464 e. The molecule has 0 spiro atoms. The van der Waals surface area contributed by atoms with E-state index in [9.17, 15) is 14.4 Å². The van der Waals surface area contributed by atoms with Crippen molar-refractivity contribution < 1.29 is 19.1 Å². The van der Waals surface area contributed by atoms with Crippen LogP contribution in [-0.4, -0.2) is 34.9 Å². The number of ether oxygens (including phenoxy) is 1.